The van der Waals surface area contributed by atoms with E-state index in [2.05, 4.69) is 21.3 Å². The van der Waals surface area contributed by atoms with Crippen molar-refractivity contribution in [2.45, 2.75) is 25.4 Å². The molecule has 106 valence electrons. The third-order valence-electron chi connectivity index (χ3n) is 3.70. The van der Waals surface area contributed by atoms with Crippen LogP contribution in [0, 0.1) is 0 Å². The van der Waals surface area contributed by atoms with Gasteiger partial charge in [-0.25, -0.2) is 4.98 Å². The van der Waals surface area contributed by atoms with Gasteiger partial charge >= 0.3 is 0 Å². The Kier molecular flexibility index (Phi) is 4.24. The van der Waals surface area contributed by atoms with Gasteiger partial charge in [0.25, 0.3) is 0 Å². The number of halogens is 1. The number of likely N-dealkylation sites (tertiary alicyclic amines) is 1. The fourth-order valence-electron chi connectivity index (χ4n) is 2.74. The van der Waals surface area contributed by atoms with Crippen molar-refractivity contribution in [2.75, 3.05) is 13.7 Å². The number of nitrogens with zero attached hydrogens (tertiary/aromatic N) is 2. The van der Waals surface area contributed by atoms with Crippen molar-refractivity contribution < 1.29 is 4.74 Å². The van der Waals surface area contributed by atoms with Crippen molar-refractivity contribution in [3.63, 3.8) is 0 Å². The molecule has 3 rings (SSSR count). The van der Waals surface area contributed by atoms with E-state index in [4.69, 9.17) is 16.3 Å². The van der Waals surface area contributed by atoms with E-state index in [1.54, 1.807) is 18.4 Å². The third-order valence-corrected chi connectivity index (χ3v) is 4.87. The zero-order chi connectivity index (χ0) is 13.9. The Labute approximate surface area is 128 Å². The molecule has 1 atom stereocenters. The first kappa shape index (κ1) is 13.9. The predicted octanol–water partition coefficient (Wildman–Crippen LogP) is 4.14. The van der Waals surface area contributed by atoms with Gasteiger partial charge in [-0.05, 0) is 37.1 Å². The zero-order valence-corrected chi connectivity index (χ0v) is 13.0. The van der Waals surface area contributed by atoms with Crippen LogP contribution in [0.3, 0.4) is 0 Å². The maximum absolute atomic E-state index is 6.20. The average molecular weight is 309 g/mol. The smallest absolute Gasteiger partial charge is 0.137 e. The minimum absolute atomic E-state index is 0.455. The molecule has 20 heavy (non-hydrogen) atoms. The summed E-state index contributed by atoms with van der Waals surface area (Å²) in [6, 6.07) is 6.47. The van der Waals surface area contributed by atoms with Gasteiger partial charge in [-0.1, -0.05) is 17.7 Å². The Bertz CT molecular complexity index is 573. The summed E-state index contributed by atoms with van der Waals surface area (Å²) in [5.41, 5.74) is 1.22. The Morgan fingerprint density at radius 3 is 3.10 bits per heavy atom. The molecule has 0 spiro atoms. The molecule has 0 saturated carbocycles. The molecule has 0 radical (unpaired) electrons. The molecule has 1 fully saturated rings. The number of thiazole rings is 1. The highest BCUT2D eigenvalue weighted by molar-refractivity contribution is 7.09. The van der Waals surface area contributed by atoms with Crippen molar-refractivity contribution in [2.24, 2.45) is 0 Å². The molecule has 1 aliphatic rings. The molecule has 2 aromatic rings. The highest BCUT2D eigenvalue weighted by Gasteiger charge is 2.27. The van der Waals surface area contributed by atoms with E-state index in [0.29, 0.717) is 11.1 Å². The van der Waals surface area contributed by atoms with E-state index in [0.717, 1.165) is 18.8 Å². The normalized spacial score (nSPS) is 19.4. The van der Waals surface area contributed by atoms with E-state index < -0.39 is 0 Å². The minimum Gasteiger partial charge on any atom is -0.495 e. The second kappa shape index (κ2) is 6.12. The summed E-state index contributed by atoms with van der Waals surface area (Å²) in [7, 11) is 1.64. The van der Waals surface area contributed by atoms with Crippen molar-refractivity contribution in [1.29, 1.82) is 0 Å². The highest BCUT2D eigenvalue weighted by Crippen LogP contribution is 2.35. The SMILES string of the molecule is COc1ccc(CN2CCC[C@@H]2c2nccs2)cc1Cl. The molecule has 0 amide bonds. The van der Waals surface area contributed by atoms with Crippen LogP contribution in [-0.4, -0.2) is 23.5 Å². The Morgan fingerprint density at radius 1 is 1.50 bits per heavy atom. The van der Waals surface area contributed by atoms with Crippen LogP contribution < -0.4 is 4.74 Å². The molecule has 3 nitrogen and oxygen atoms in total. The topological polar surface area (TPSA) is 25.4 Å². The first-order chi connectivity index (χ1) is 9.78. The second-order valence-corrected chi connectivity index (χ2v) is 6.30. The maximum Gasteiger partial charge on any atom is 0.137 e. The van der Waals surface area contributed by atoms with Crippen LogP contribution in [0.5, 0.6) is 5.75 Å². The predicted molar refractivity (Wildman–Crippen MR) is 82.5 cm³/mol. The molecule has 0 N–H and O–H groups in total. The lowest BCUT2D eigenvalue weighted by Gasteiger charge is -2.23. The summed E-state index contributed by atoms with van der Waals surface area (Å²) in [5.74, 6) is 0.730. The van der Waals surface area contributed by atoms with Crippen molar-refractivity contribution in [3.05, 3.63) is 45.4 Å². The van der Waals surface area contributed by atoms with Gasteiger partial charge in [0.2, 0.25) is 0 Å². The number of aromatic nitrogens is 1. The number of hydrogen-bond acceptors (Lipinski definition) is 4. The van der Waals surface area contributed by atoms with Gasteiger partial charge < -0.3 is 4.74 Å². The number of ether oxygens (including phenoxy) is 1. The van der Waals surface area contributed by atoms with Crippen LogP contribution in [0.2, 0.25) is 5.02 Å². The van der Waals surface area contributed by atoms with Crippen LogP contribution in [0.1, 0.15) is 29.5 Å². The molecule has 0 aliphatic carbocycles. The average Bonchev–Trinajstić information content (AvgIpc) is 3.09. The minimum atomic E-state index is 0.455. The number of rotatable bonds is 4. The van der Waals surface area contributed by atoms with E-state index in [1.165, 1.54) is 23.4 Å². The van der Waals surface area contributed by atoms with Gasteiger partial charge in [-0.2, -0.15) is 0 Å². The summed E-state index contributed by atoms with van der Waals surface area (Å²) in [6.45, 7) is 2.03. The van der Waals surface area contributed by atoms with Crippen LogP contribution in [0.15, 0.2) is 29.8 Å². The fourth-order valence-corrected chi connectivity index (χ4v) is 3.82. The molecule has 2 heterocycles. The van der Waals surface area contributed by atoms with E-state index in [1.807, 2.05) is 18.3 Å². The van der Waals surface area contributed by atoms with Crippen LogP contribution in [0.4, 0.5) is 0 Å². The largest absolute Gasteiger partial charge is 0.495 e. The fraction of sp³-hybridized carbons (Fsp3) is 0.400. The summed E-state index contributed by atoms with van der Waals surface area (Å²) in [6.07, 6.45) is 4.31. The molecular formula is C15H17ClN2OS. The molecule has 0 unspecified atom stereocenters. The lowest BCUT2D eigenvalue weighted by Crippen LogP contribution is -2.22. The molecule has 0 bridgehead atoms. The Balaban J connectivity index is 1.75. The van der Waals surface area contributed by atoms with Crippen LogP contribution in [-0.2, 0) is 6.54 Å². The summed E-state index contributed by atoms with van der Waals surface area (Å²) >= 11 is 7.94. The monoisotopic (exact) mass is 308 g/mol. The molecule has 1 aliphatic heterocycles. The molecular weight excluding hydrogens is 292 g/mol. The molecule has 1 saturated heterocycles. The molecule has 5 heteroatoms. The van der Waals surface area contributed by atoms with Gasteiger partial charge in [0.15, 0.2) is 0 Å². The van der Waals surface area contributed by atoms with E-state index in [-0.39, 0.29) is 0 Å². The van der Waals surface area contributed by atoms with Crippen LogP contribution >= 0.6 is 22.9 Å². The first-order valence-electron chi connectivity index (χ1n) is 6.74. The van der Waals surface area contributed by atoms with Gasteiger partial charge in [-0.3, -0.25) is 4.90 Å². The second-order valence-electron chi connectivity index (χ2n) is 4.97. The van der Waals surface area contributed by atoms with E-state index >= 15 is 0 Å². The summed E-state index contributed by atoms with van der Waals surface area (Å²) in [5, 5.41) is 3.95. The Morgan fingerprint density at radius 2 is 2.40 bits per heavy atom. The zero-order valence-electron chi connectivity index (χ0n) is 11.4. The molecule has 1 aromatic carbocycles. The van der Waals surface area contributed by atoms with Gasteiger partial charge in [0.05, 0.1) is 18.2 Å². The highest BCUT2D eigenvalue weighted by atomic mass is 35.5. The first-order valence-corrected chi connectivity index (χ1v) is 7.99. The van der Waals surface area contributed by atoms with Gasteiger partial charge in [-0.15, -0.1) is 11.3 Å². The van der Waals surface area contributed by atoms with Crippen molar-refractivity contribution in [3.8, 4) is 5.75 Å². The van der Waals surface area contributed by atoms with Gasteiger partial charge in [0, 0.05) is 18.1 Å². The lowest BCUT2D eigenvalue weighted by atomic mass is 10.2. The Hall–Kier alpha value is -1.10. The third kappa shape index (κ3) is 2.82. The molecule has 1 aromatic heterocycles. The van der Waals surface area contributed by atoms with Crippen molar-refractivity contribution in [1.82, 2.24) is 9.88 Å². The standard InChI is InChI=1S/C15H17ClN2OS/c1-19-14-5-4-11(9-12(14)16)10-18-7-2-3-13(18)15-17-6-8-20-15/h4-6,8-9,13H,2-3,7,10H2,1H3/t13-/m1/s1. The summed E-state index contributed by atoms with van der Waals surface area (Å²) < 4.78 is 5.20. The number of benzene rings is 1. The maximum atomic E-state index is 6.20. The quantitative estimate of drug-likeness (QED) is 0.848. The van der Waals surface area contributed by atoms with Gasteiger partial charge in [0.1, 0.15) is 10.8 Å². The number of methoxy groups -OCH3 is 1. The summed E-state index contributed by atoms with van der Waals surface area (Å²) in [4.78, 5) is 6.95. The van der Waals surface area contributed by atoms with Crippen molar-refractivity contribution >= 4 is 22.9 Å². The van der Waals surface area contributed by atoms with Crippen LogP contribution in [0.25, 0.3) is 0 Å². The lowest BCUT2D eigenvalue weighted by molar-refractivity contribution is 0.248. The number of hydrogen-bond donors (Lipinski definition) is 0. The van der Waals surface area contributed by atoms with E-state index in [9.17, 15) is 0 Å².